The average molecular weight is 489 g/mol. The maximum absolute atomic E-state index is 11.8. The highest BCUT2D eigenvalue weighted by molar-refractivity contribution is 5.39. The summed E-state index contributed by atoms with van der Waals surface area (Å²) in [5.74, 6) is 0. The van der Waals surface area contributed by atoms with Crippen molar-refractivity contribution in [1.82, 2.24) is 0 Å². The molecule has 0 saturated carbocycles. The third-order valence-corrected chi connectivity index (χ3v) is 7.70. The van der Waals surface area contributed by atoms with E-state index in [0.29, 0.717) is 12.0 Å². The van der Waals surface area contributed by atoms with Gasteiger partial charge in [0.15, 0.2) is 0 Å². The first-order valence-electron chi connectivity index (χ1n) is 12.4. The minimum absolute atomic E-state index is 0.0557. The molecular formula is C29H44O6. The van der Waals surface area contributed by atoms with E-state index < -0.39 is 36.1 Å². The lowest BCUT2D eigenvalue weighted by Crippen LogP contribution is -2.66. The topological polar surface area (TPSA) is 121 Å². The fraction of sp³-hybridized carbons (Fsp3) is 0.586. The van der Waals surface area contributed by atoms with E-state index in [1.807, 2.05) is 72.7 Å². The summed E-state index contributed by atoms with van der Waals surface area (Å²) in [7, 11) is 0. The van der Waals surface area contributed by atoms with Gasteiger partial charge in [-0.3, -0.25) is 0 Å². The van der Waals surface area contributed by atoms with Gasteiger partial charge in [0.1, 0.15) is 23.9 Å². The van der Waals surface area contributed by atoms with Crippen LogP contribution in [0.4, 0.5) is 0 Å². The summed E-state index contributed by atoms with van der Waals surface area (Å²) in [6.07, 6.45) is -4.88. The van der Waals surface area contributed by atoms with E-state index in [9.17, 15) is 30.6 Å². The van der Waals surface area contributed by atoms with E-state index in [1.54, 1.807) is 0 Å². The van der Waals surface area contributed by atoms with Crippen LogP contribution in [-0.2, 0) is 12.8 Å². The summed E-state index contributed by atoms with van der Waals surface area (Å²) in [6, 6.07) is 7.65. The fourth-order valence-electron chi connectivity index (χ4n) is 5.15. The van der Waals surface area contributed by atoms with Gasteiger partial charge >= 0.3 is 0 Å². The molecule has 2 aromatic rings. The minimum Gasteiger partial charge on any atom is -0.394 e. The molecule has 2 rings (SSSR count). The molecule has 2 aromatic carbocycles. The first kappa shape index (κ1) is 29.4. The molecule has 0 spiro atoms. The number of benzene rings is 2. The van der Waals surface area contributed by atoms with Crippen LogP contribution >= 0.6 is 0 Å². The second kappa shape index (κ2) is 11.5. The molecule has 0 amide bonds. The molecule has 6 nitrogen and oxygen atoms in total. The van der Waals surface area contributed by atoms with Crippen molar-refractivity contribution in [3.05, 3.63) is 68.8 Å². The molecule has 6 heteroatoms. The lowest BCUT2D eigenvalue weighted by molar-refractivity contribution is -0.230. The summed E-state index contributed by atoms with van der Waals surface area (Å²) in [4.78, 5) is 0. The molecule has 0 aliphatic carbocycles. The molecule has 0 bridgehead atoms. The predicted octanol–water partition coefficient (Wildman–Crippen LogP) is 2.66. The van der Waals surface area contributed by atoms with Crippen LogP contribution in [0.2, 0.25) is 0 Å². The molecule has 5 atom stereocenters. The zero-order valence-corrected chi connectivity index (χ0v) is 22.3. The number of aliphatic hydroxyl groups is 6. The molecule has 1 unspecified atom stereocenters. The van der Waals surface area contributed by atoms with Crippen molar-refractivity contribution in [3.8, 4) is 0 Å². The van der Waals surface area contributed by atoms with Crippen LogP contribution in [-0.4, -0.2) is 66.8 Å². The minimum atomic E-state index is -2.32. The Bertz CT molecular complexity index is 972. The van der Waals surface area contributed by atoms with Gasteiger partial charge in [-0.1, -0.05) is 37.6 Å². The third kappa shape index (κ3) is 6.31. The molecule has 0 fully saturated rings. The van der Waals surface area contributed by atoms with Crippen LogP contribution in [0.15, 0.2) is 24.3 Å². The molecule has 0 heterocycles. The maximum atomic E-state index is 11.8. The lowest BCUT2D eigenvalue weighted by atomic mass is 9.71. The Morgan fingerprint density at radius 2 is 1.11 bits per heavy atom. The summed E-state index contributed by atoms with van der Waals surface area (Å²) in [5.41, 5.74) is 3.69. The van der Waals surface area contributed by atoms with Gasteiger partial charge in [0.2, 0.25) is 0 Å². The Hall–Kier alpha value is -1.80. The summed E-state index contributed by atoms with van der Waals surface area (Å²) < 4.78 is 0. The molecule has 35 heavy (non-hydrogen) atoms. The normalized spacial score (nSPS) is 18.0. The van der Waals surface area contributed by atoms with Crippen molar-refractivity contribution in [2.75, 3.05) is 6.61 Å². The van der Waals surface area contributed by atoms with Crippen LogP contribution in [0.25, 0.3) is 0 Å². The Morgan fingerprint density at radius 1 is 0.714 bits per heavy atom. The van der Waals surface area contributed by atoms with Crippen molar-refractivity contribution < 1.29 is 30.6 Å². The zero-order valence-electron chi connectivity index (χ0n) is 22.3. The van der Waals surface area contributed by atoms with Gasteiger partial charge in [0.25, 0.3) is 0 Å². The van der Waals surface area contributed by atoms with E-state index in [1.165, 1.54) is 0 Å². The fourth-order valence-corrected chi connectivity index (χ4v) is 5.15. The maximum Gasteiger partial charge on any atom is 0.126 e. The van der Waals surface area contributed by atoms with E-state index >= 15 is 0 Å². The summed E-state index contributed by atoms with van der Waals surface area (Å²) in [5, 5.41) is 65.9. The van der Waals surface area contributed by atoms with Gasteiger partial charge in [-0.25, -0.2) is 0 Å². The molecule has 0 aliphatic heterocycles. The van der Waals surface area contributed by atoms with Crippen LogP contribution < -0.4 is 0 Å². The van der Waals surface area contributed by atoms with Gasteiger partial charge in [-0.05, 0) is 92.5 Å². The van der Waals surface area contributed by atoms with Crippen molar-refractivity contribution in [2.45, 2.75) is 104 Å². The smallest absolute Gasteiger partial charge is 0.126 e. The SMILES string of the molecule is CCCC(O)(Cc1cc(C)c(C)c(C)c1)[C@@H](O)[C@@](O)(Cc1cc(C)c(C)c(C)c1)[C@H](O)[C@@H](O)CO. The highest BCUT2D eigenvalue weighted by Gasteiger charge is 2.54. The van der Waals surface area contributed by atoms with E-state index in [0.717, 1.165) is 38.9 Å². The quantitative estimate of drug-likeness (QED) is 0.289. The van der Waals surface area contributed by atoms with Gasteiger partial charge in [-0.15, -0.1) is 0 Å². The Kier molecular flexibility index (Phi) is 9.67. The summed E-state index contributed by atoms with van der Waals surface area (Å²) >= 11 is 0. The second-order valence-corrected chi connectivity index (χ2v) is 10.5. The van der Waals surface area contributed by atoms with Gasteiger partial charge in [0, 0.05) is 12.8 Å². The number of aliphatic hydroxyl groups excluding tert-OH is 4. The second-order valence-electron chi connectivity index (χ2n) is 10.5. The zero-order chi connectivity index (χ0) is 26.7. The highest BCUT2D eigenvalue weighted by atomic mass is 16.4. The number of aryl methyl sites for hydroxylation is 4. The molecule has 196 valence electrons. The van der Waals surface area contributed by atoms with Gasteiger partial charge in [0.05, 0.1) is 12.2 Å². The monoisotopic (exact) mass is 488 g/mol. The Labute approximate surface area is 209 Å². The first-order chi connectivity index (χ1) is 16.2. The van der Waals surface area contributed by atoms with Crippen LogP contribution in [0.1, 0.15) is 64.3 Å². The standard InChI is InChI=1S/C29H44O6/c1-8-9-28(34,14-23-10-17(2)21(6)18(3)11-23)27(33)29(35,26(32)25(31)16-30)15-24-12-19(4)22(7)20(5)13-24/h10-13,25-27,30-35H,8-9,14-16H2,1-7H3/t25-,26+,27+,28?,29+/m0/s1. The Morgan fingerprint density at radius 3 is 1.49 bits per heavy atom. The number of rotatable bonds is 11. The summed E-state index contributed by atoms with van der Waals surface area (Å²) in [6.45, 7) is 12.9. The molecule has 0 aromatic heterocycles. The average Bonchev–Trinajstić information content (AvgIpc) is 2.79. The van der Waals surface area contributed by atoms with E-state index in [4.69, 9.17) is 0 Å². The molecule has 0 radical (unpaired) electrons. The molecule has 0 saturated heterocycles. The van der Waals surface area contributed by atoms with Crippen LogP contribution in [0, 0.1) is 41.5 Å². The number of hydrogen-bond acceptors (Lipinski definition) is 6. The Balaban J connectivity index is 2.58. The first-order valence-corrected chi connectivity index (χ1v) is 12.4. The van der Waals surface area contributed by atoms with Crippen molar-refractivity contribution in [2.24, 2.45) is 0 Å². The van der Waals surface area contributed by atoms with Crippen molar-refractivity contribution >= 4 is 0 Å². The molecule has 0 aliphatic rings. The van der Waals surface area contributed by atoms with Crippen molar-refractivity contribution in [1.29, 1.82) is 0 Å². The third-order valence-electron chi connectivity index (χ3n) is 7.70. The molecule has 6 N–H and O–H groups in total. The lowest BCUT2D eigenvalue weighted by Gasteiger charge is -2.46. The van der Waals surface area contributed by atoms with Crippen molar-refractivity contribution in [3.63, 3.8) is 0 Å². The van der Waals surface area contributed by atoms with E-state index in [-0.39, 0.29) is 19.3 Å². The van der Waals surface area contributed by atoms with Crippen LogP contribution in [0.3, 0.4) is 0 Å². The predicted molar refractivity (Wildman–Crippen MR) is 139 cm³/mol. The highest BCUT2D eigenvalue weighted by Crippen LogP contribution is 2.36. The van der Waals surface area contributed by atoms with Gasteiger partial charge in [-0.2, -0.15) is 0 Å². The largest absolute Gasteiger partial charge is 0.394 e. The van der Waals surface area contributed by atoms with Crippen LogP contribution in [0.5, 0.6) is 0 Å². The molecular weight excluding hydrogens is 444 g/mol. The number of hydrogen-bond donors (Lipinski definition) is 6. The van der Waals surface area contributed by atoms with E-state index in [2.05, 4.69) is 0 Å². The van der Waals surface area contributed by atoms with Gasteiger partial charge < -0.3 is 30.6 Å².